The lowest BCUT2D eigenvalue weighted by molar-refractivity contribution is -0.138. The average molecular weight is 212 g/mol. The van der Waals surface area contributed by atoms with Crippen molar-refractivity contribution in [2.24, 2.45) is 5.92 Å². The minimum absolute atomic E-state index is 0.0513. The topological polar surface area (TPSA) is 49.4 Å². The molecule has 4 heteroatoms. The maximum Gasteiger partial charge on any atom is 0.246 e. The molecule has 1 fully saturated rings. The molecule has 1 unspecified atom stereocenters. The second-order valence-corrected chi connectivity index (χ2v) is 4.37. The number of nitrogens with one attached hydrogen (secondary N) is 1. The van der Waals surface area contributed by atoms with Crippen molar-refractivity contribution in [3.05, 3.63) is 0 Å². The zero-order chi connectivity index (χ0) is 11.4. The number of imide groups is 1. The lowest BCUT2D eigenvalue weighted by atomic mass is 10.1. The van der Waals surface area contributed by atoms with Crippen LogP contribution in [0.1, 0.15) is 33.6 Å². The quantitative estimate of drug-likeness (QED) is 0.685. The van der Waals surface area contributed by atoms with Gasteiger partial charge in [0.15, 0.2) is 0 Å². The number of nitrogens with zero attached hydrogens (tertiary/aromatic N) is 1. The van der Waals surface area contributed by atoms with Crippen LogP contribution in [0, 0.1) is 5.92 Å². The normalized spacial score (nSPS) is 21.9. The summed E-state index contributed by atoms with van der Waals surface area (Å²) in [6.45, 7) is 7.40. The first-order chi connectivity index (χ1) is 7.06. The van der Waals surface area contributed by atoms with Crippen molar-refractivity contribution in [2.75, 3.05) is 13.1 Å². The van der Waals surface area contributed by atoms with Crippen LogP contribution in [-0.2, 0) is 9.59 Å². The summed E-state index contributed by atoms with van der Waals surface area (Å²) >= 11 is 0. The predicted molar refractivity (Wildman–Crippen MR) is 58.3 cm³/mol. The van der Waals surface area contributed by atoms with E-state index in [4.69, 9.17) is 0 Å². The van der Waals surface area contributed by atoms with Crippen molar-refractivity contribution in [1.82, 2.24) is 10.2 Å². The molecule has 1 N–H and O–H groups in total. The van der Waals surface area contributed by atoms with Crippen LogP contribution in [0.5, 0.6) is 0 Å². The van der Waals surface area contributed by atoms with Gasteiger partial charge in [-0.1, -0.05) is 13.8 Å². The van der Waals surface area contributed by atoms with Crippen LogP contribution in [0.25, 0.3) is 0 Å². The second kappa shape index (κ2) is 5.26. The maximum absolute atomic E-state index is 11.7. The average Bonchev–Trinajstić information content (AvgIpc) is 2.41. The molecule has 0 aromatic heterocycles. The number of likely N-dealkylation sites (tertiary alicyclic amines) is 1. The van der Waals surface area contributed by atoms with Crippen LogP contribution in [-0.4, -0.2) is 35.8 Å². The summed E-state index contributed by atoms with van der Waals surface area (Å²) in [5.41, 5.74) is 0. The molecular formula is C11H20N2O2. The number of hydrogen-bond acceptors (Lipinski definition) is 3. The van der Waals surface area contributed by atoms with Gasteiger partial charge in [-0.05, 0) is 25.8 Å². The molecule has 2 amide bonds. The van der Waals surface area contributed by atoms with Gasteiger partial charge in [-0.25, -0.2) is 0 Å². The van der Waals surface area contributed by atoms with Gasteiger partial charge in [-0.2, -0.15) is 0 Å². The van der Waals surface area contributed by atoms with Crippen molar-refractivity contribution in [1.29, 1.82) is 0 Å². The highest BCUT2D eigenvalue weighted by atomic mass is 16.2. The van der Waals surface area contributed by atoms with Crippen LogP contribution in [0.2, 0.25) is 0 Å². The smallest absolute Gasteiger partial charge is 0.246 e. The Hall–Kier alpha value is -0.900. The zero-order valence-corrected chi connectivity index (χ0v) is 9.75. The monoisotopic (exact) mass is 212 g/mol. The van der Waals surface area contributed by atoms with Crippen molar-refractivity contribution in [3.8, 4) is 0 Å². The van der Waals surface area contributed by atoms with Gasteiger partial charge in [-0.15, -0.1) is 0 Å². The van der Waals surface area contributed by atoms with E-state index in [9.17, 15) is 9.59 Å². The van der Waals surface area contributed by atoms with Crippen molar-refractivity contribution in [3.63, 3.8) is 0 Å². The van der Waals surface area contributed by atoms with E-state index in [1.807, 2.05) is 6.92 Å². The molecule has 86 valence electrons. The van der Waals surface area contributed by atoms with E-state index < -0.39 is 0 Å². The molecule has 0 spiro atoms. The summed E-state index contributed by atoms with van der Waals surface area (Å²) in [5, 5.41) is 3.15. The Morgan fingerprint density at radius 3 is 2.60 bits per heavy atom. The van der Waals surface area contributed by atoms with Crippen molar-refractivity contribution < 1.29 is 9.59 Å². The molecule has 1 rings (SSSR count). The molecule has 1 aliphatic heterocycles. The summed E-state index contributed by atoms with van der Waals surface area (Å²) in [4.78, 5) is 24.4. The third kappa shape index (κ3) is 3.02. The van der Waals surface area contributed by atoms with Gasteiger partial charge in [-0.3, -0.25) is 14.5 Å². The molecule has 15 heavy (non-hydrogen) atoms. The van der Waals surface area contributed by atoms with Gasteiger partial charge in [0.2, 0.25) is 11.8 Å². The number of carbonyl (C=O) groups excluding carboxylic acids is 2. The molecule has 1 atom stereocenters. The van der Waals surface area contributed by atoms with Gasteiger partial charge in [0.25, 0.3) is 0 Å². The SMILES string of the molecule is CCN1C(=O)CC(NCCC(C)C)C1=O. The highest BCUT2D eigenvalue weighted by Gasteiger charge is 2.36. The first-order valence-corrected chi connectivity index (χ1v) is 5.63. The molecule has 0 saturated carbocycles. The molecule has 1 heterocycles. The summed E-state index contributed by atoms with van der Waals surface area (Å²) in [6.07, 6.45) is 1.36. The fourth-order valence-corrected chi connectivity index (χ4v) is 1.72. The number of likely N-dealkylation sites (N-methyl/N-ethyl adjacent to an activating group) is 1. The van der Waals surface area contributed by atoms with Crippen LogP contribution in [0.3, 0.4) is 0 Å². The minimum atomic E-state index is -0.281. The first-order valence-electron chi connectivity index (χ1n) is 5.63. The summed E-state index contributed by atoms with van der Waals surface area (Å²) in [6, 6.07) is -0.281. The van der Waals surface area contributed by atoms with E-state index in [1.54, 1.807) is 0 Å². The van der Waals surface area contributed by atoms with E-state index in [-0.39, 0.29) is 17.9 Å². The van der Waals surface area contributed by atoms with Gasteiger partial charge in [0.05, 0.1) is 12.5 Å². The standard InChI is InChI=1S/C11H20N2O2/c1-4-13-10(14)7-9(11(13)15)12-6-5-8(2)3/h8-9,12H,4-7H2,1-3H3. The number of carbonyl (C=O) groups is 2. The third-order valence-electron chi connectivity index (χ3n) is 2.67. The highest BCUT2D eigenvalue weighted by molar-refractivity contribution is 6.05. The van der Waals surface area contributed by atoms with Crippen LogP contribution < -0.4 is 5.32 Å². The minimum Gasteiger partial charge on any atom is -0.305 e. The van der Waals surface area contributed by atoms with E-state index in [2.05, 4.69) is 19.2 Å². The molecule has 0 radical (unpaired) electrons. The molecular weight excluding hydrogens is 192 g/mol. The predicted octanol–water partition coefficient (Wildman–Crippen LogP) is 0.769. The first kappa shape index (κ1) is 12.2. The fraction of sp³-hybridized carbons (Fsp3) is 0.818. The van der Waals surface area contributed by atoms with E-state index in [0.717, 1.165) is 13.0 Å². The lowest BCUT2D eigenvalue weighted by Crippen LogP contribution is -2.39. The maximum atomic E-state index is 11.7. The van der Waals surface area contributed by atoms with Gasteiger partial charge < -0.3 is 5.32 Å². The molecule has 1 aliphatic rings. The van der Waals surface area contributed by atoms with Crippen molar-refractivity contribution >= 4 is 11.8 Å². The lowest BCUT2D eigenvalue weighted by Gasteiger charge is -2.13. The Balaban J connectivity index is 2.38. The molecule has 4 nitrogen and oxygen atoms in total. The summed E-state index contributed by atoms with van der Waals surface area (Å²) in [5.74, 6) is 0.503. The van der Waals surface area contributed by atoms with Gasteiger partial charge in [0, 0.05) is 6.54 Å². The fourth-order valence-electron chi connectivity index (χ4n) is 1.72. The summed E-state index contributed by atoms with van der Waals surface area (Å²) < 4.78 is 0. The molecule has 0 aliphatic carbocycles. The Kier molecular flexibility index (Phi) is 4.27. The largest absolute Gasteiger partial charge is 0.305 e. The molecule has 0 aromatic carbocycles. The number of hydrogen-bond donors (Lipinski definition) is 1. The van der Waals surface area contributed by atoms with Gasteiger partial charge >= 0.3 is 0 Å². The molecule has 0 bridgehead atoms. The van der Waals surface area contributed by atoms with E-state index >= 15 is 0 Å². The highest BCUT2D eigenvalue weighted by Crippen LogP contribution is 2.12. The van der Waals surface area contributed by atoms with Crippen LogP contribution in [0.15, 0.2) is 0 Å². The number of rotatable bonds is 5. The Morgan fingerprint density at radius 1 is 1.47 bits per heavy atom. The Labute approximate surface area is 91.0 Å². The molecule has 1 saturated heterocycles. The Morgan fingerprint density at radius 2 is 2.13 bits per heavy atom. The van der Waals surface area contributed by atoms with E-state index in [0.29, 0.717) is 18.9 Å². The van der Waals surface area contributed by atoms with Crippen molar-refractivity contribution in [2.45, 2.75) is 39.7 Å². The summed E-state index contributed by atoms with van der Waals surface area (Å²) in [7, 11) is 0. The third-order valence-corrected chi connectivity index (χ3v) is 2.67. The second-order valence-electron chi connectivity index (χ2n) is 4.37. The van der Waals surface area contributed by atoms with Gasteiger partial charge in [0.1, 0.15) is 0 Å². The number of amides is 2. The Bertz CT molecular complexity index is 251. The zero-order valence-electron chi connectivity index (χ0n) is 9.75. The van der Waals surface area contributed by atoms with Crippen LogP contribution in [0.4, 0.5) is 0 Å². The molecule has 0 aromatic rings. The van der Waals surface area contributed by atoms with E-state index in [1.165, 1.54) is 4.90 Å². The van der Waals surface area contributed by atoms with Crippen LogP contribution >= 0.6 is 0 Å².